The Morgan fingerprint density at radius 1 is 1.35 bits per heavy atom. The van der Waals surface area contributed by atoms with E-state index in [9.17, 15) is 9.59 Å². The fraction of sp³-hybridized carbons (Fsp3) is 0.333. The fourth-order valence-electron chi connectivity index (χ4n) is 1.34. The molecule has 2 amide bonds. The molecule has 5 nitrogen and oxygen atoms in total. The zero-order valence-corrected chi connectivity index (χ0v) is 10.2. The molecular formula is C12H17N3O2. The Hall–Kier alpha value is -1.88. The summed E-state index contributed by atoms with van der Waals surface area (Å²) in [5.41, 5.74) is 7.50. The van der Waals surface area contributed by atoms with Gasteiger partial charge >= 0.3 is 0 Å². The molecule has 0 heterocycles. The molecule has 0 bridgehead atoms. The lowest BCUT2D eigenvalue weighted by atomic mass is 10.1. The summed E-state index contributed by atoms with van der Waals surface area (Å²) in [5, 5.41) is 5.24. The molecule has 1 aromatic rings. The van der Waals surface area contributed by atoms with Crippen LogP contribution in [0.4, 0.5) is 5.69 Å². The van der Waals surface area contributed by atoms with E-state index in [1.165, 1.54) is 0 Å². The second-order valence-electron chi connectivity index (χ2n) is 3.89. The normalized spacial score (nSPS) is 11.8. The first-order valence-corrected chi connectivity index (χ1v) is 5.35. The van der Waals surface area contributed by atoms with Crippen molar-refractivity contribution < 1.29 is 9.59 Å². The molecule has 0 aliphatic rings. The highest BCUT2D eigenvalue weighted by atomic mass is 16.2. The van der Waals surface area contributed by atoms with Crippen molar-refractivity contribution in [1.29, 1.82) is 0 Å². The number of amides is 2. The molecule has 0 aromatic heterocycles. The first-order valence-electron chi connectivity index (χ1n) is 5.35. The third kappa shape index (κ3) is 3.29. The molecule has 0 aliphatic carbocycles. The number of rotatable bonds is 3. The Kier molecular flexibility index (Phi) is 4.23. The van der Waals surface area contributed by atoms with Crippen LogP contribution in [0.3, 0.4) is 0 Å². The molecule has 0 radical (unpaired) electrons. The van der Waals surface area contributed by atoms with E-state index in [4.69, 9.17) is 5.73 Å². The van der Waals surface area contributed by atoms with Crippen molar-refractivity contribution in [2.45, 2.75) is 19.9 Å². The van der Waals surface area contributed by atoms with Gasteiger partial charge in [-0.2, -0.15) is 0 Å². The van der Waals surface area contributed by atoms with Crippen molar-refractivity contribution in [2.75, 3.05) is 12.4 Å². The second-order valence-corrected chi connectivity index (χ2v) is 3.89. The van der Waals surface area contributed by atoms with Gasteiger partial charge in [0.05, 0.1) is 6.04 Å². The average molecular weight is 235 g/mol. The molecule has 1 unspecified atom stereocenters. The molecule has 0 fully saturated rings. The number of hydrogen-bond donors (Lipinski definition) is 3. The number of carbonyl (C=O) groups excluding carboxylic acids is 2. The van der Waals surface area contributed by atoms with Crippen molar-refractivity contribution in [3.05, 3.63) is 29.3 Å². The minimum absolute atomic E-state index is 0.154. The van der Waals surface area contributed by atoms with Gasteiger partial charge in [-0.15, -0.1) is 0 Å². The first-order chi connectivity index (χ1) is 7.95. The molecule has 5 heteroatoms. The predicted octanol–water partition coefficient (Wildman–Crippen LogP) is 0.640. The van der Waals surface area contributed by atoms with E-state index in [2.05, 4.69) is 10.6 Å². The molecule has 0 spiro atoms. The van der Waals surface area contributed by atoms with E-state index in [1.54, 1.807) is 32.2 Å². The minimum atomic E-state index is -0.562. The van der Waals surface area contributed by atoms with E-state index < -0.39 is 6.04 Å². The molecule has 1 atom stereocenters. The maximum absolute atomic E-state index is 11.4. The van der Waals surface area contributed by atoms with Crippen LogP contribution < -0.4 is 16.4 Å². The number of nitrogens with two attached hydrogens (primary N) is 1. The lowest BCUT2D eigenvalue weighted by Crippen LogP contribution is -2.32. The van der Waals surface area contributed by atoms with Gasteiger partial charge in [-0.05, 0) is 37.6 Å². The number of anilines is 1. The Balaban J connectivity index is 2.90. The molecule has 4 N–H and O–H groups in total. The molecule has 0 aliphatic heterocycles. The maximum atomic E-state index is 11.4. The highest BCUT2D eigenvalue weighted by Gasteiger charge is 2.10. The van der Waals surface area contributed by atoms with Gasteiger partial charge in [0.1, 0.15) is 0 Å². The third-order valence-corrected chi connectivity index (χ3v) is 2.39. The van der Waals surface area contributed by atoms with Crippen LogP contribution in [0.1, 0.15) is 22.8 Å². The Bertz CT molecular complexity index is 441. The van der Waals surface area contributed by atoms with E-state index in [1.807, 2.05) is 6.92 Å². The quantitative estimate of drug-likeness (QED) is 0.718. The van der Waals surface area contributed by atoms with Gasteiger partial charge in [0.25, 0.3) is 5.91 Å². The highest BCUT2D eigenvalue weighted by Crippen LogP contribution is 2.16. The first kappa shape index (κ1) is 13.2. The number of aryl methyl sites for hydroxylation is 1. The molecule has 0 saturated heterocycles. The molecule has 1 rings (SSSR count). The topological polar surface area (TPSA) is 84.2 Å². The Morgan fingerprint density at radius 3 is 2.47 bits per heavy atom. The van der Waals surface area contributed by atoms with Crippen molar-refractivity contribution in [1.82, 2.24) is 5.32 Å². The summed E-state index contributed by atoms with van der Waals surface area (Å²) in [6.07, 6.45) is 0. The zero-order valence-electron chi connectivity index (χ0n) is 10.2. The lowest BCUT2D eigenvalue weighted by molar-refractivity contribution is -0.117. The van der Waals surface area contributed by atoms with Crippen LogP contribution in [0, 0.1) is 6.92 Å². The fourth-order valence-corrected chi connectivity index (χ4v) is 1.34. The second kappa shape index (κ2) is 5.45. The van der Waals surface area contributed by atoms with Gasteiger partial charge in [0.15, 0.2) is 0 Å². The van der Waals surface area contributed by atoms with E-state index in [0.29, 0.717) is 11.3 Å². The van der Waals surface area contributed by atoms with Crippen molar-refractivity contribution in [2.24, 2.45) is 5.73 Å². The summed E-state index contributed by atoms with van der Waals surface area (Å²) in [5.74, 6) is -0.404. The largest absolute Gasteiger partial charge is 0.355 e. The Morgan fingerprint density at radius 2 is 2.00 bits per heavy atom. The lowest BCUT2D eigenvalue weighted by Gasteiger charge is -2.11. The molecule has 1 aromatic carbocycles. The number of nitrogens with one attached hydrogen (secondary N) is 2. The van der Waals surface area contributed by atoms with Crippen LogP contribution in [0.5, 0.6) is 0 Å². The molecular weight excluding hydrogens is 218 g/mol. The Labute approximate surface area is 100 Å². The van der Waals surface area contributed by atoms with Gasteiger partial charge in [-0.1, -0.05) is 0 Å². The summed E-state index contributed by atoms with van der Waals surface area (Å²) in [7, 11) is 1.57. The minimum Gasteiger partial charge on any atom is -0.355 e. The molecule has 0 saturated carbocycles. The van der Waals surface area contributed by atoms with Crippen LogP contribution >= 0.6 is 0 Å². The SMILES string of the molecule is CNC(=O)c1ccc(NC(=O)C(C)N)c(C)c1. The van der Waals surface area contributed by atoms with Crippen molar-refractivity contribution in [3.63, 3.8) is 0 Å². The van der Waals surface area contributed by atoms with Crippen molar-refractivity contribution in [3.8, 4) is 0 Å². The summed E-state index contributed by atoms with van der Waals surface area (Å²) >= 11 is 0. The predicted molar refractivity (Wildman–Crippen MR) is 66.8 cm³/mol. The maximum Gasteiger partial charge on any atom is 0.251 e. The zero-order chi connectivity index (χ0) is 13.0. The average Bonchev–Trinajstić information content (AvgIpc) is 2.30. The number of benzene rings is 1. The van der Waals surface area contributed by atoms with Gasteiger partial charge in [-0.25, -0.2) is 0 Å². The summed E-state index contributed by atoms with van der Waals surface area (Å²) in [6.45, 7) is 3.44. The number of carbonyl (C=O) groups is 2. The van der Waals surface area contributed by atoms with Crippen LogP contribution in [0.25, 0.3) is 0 Å². The van der Waals surface area contributed by atoms with Crippen LogP contribution in [0.15, 0.2) is 18.2 Å². The van der Waals surface area contributed by atoms with Gasteiger partial charge in [0.2, 0.25) is 5.91 Å². The standard InChI is InChI=1S/C12H17N3O2/c1-7-6-9(12(17)14-3)4-5-10(7)15-11(16)8(2)13/h4-6,8H,13H2,1-3H3,(H,14,17)(H,15,16). The van der Waals surface area contributed by atoms with Crippen LogP contribution in [0.2, 0.25) is 0 Å². The summed E-state index contributed by atoms with van der Waals surface area (Å²) in [4.78, 5) is 22.8. The third-order valence-electron chi connectivity index (χ3n) is 2.39. The van der Waals surface area contributed by atoms with E-state index in [0.717, 1.165) is 5.56 Å². The molecule has 92 valence electrons. The van der Waals surface area contributed by atoms with Gasteiger partial charge in [-0.3, -0.25) is 9.59 Å². The van der Waals surface area contributed by atoms with E-state index >= 15 is 0 Å². The highest BCUT2D eigenvalue weighted by molar-refractivity contribution is 5.97. The van der Waals surface area contributed by atoms with Crippen LogP contribution in [-0.2, 0) is 4.79 Å². The van der Waals surface area contributed by atoms with Crippen molar-refractivity contribution >= 4 is 17.5 Å². The van der Waals surface area contributed by atoms with E-state index in [-0.39, 0.29) is 11.8 Å². The summed E-state index contributed by atoms with van der Waals surface area (Å²) in [6, 6.07) is 4.51. The molecule has 17 heavy (non-hydrogen) atoms. The monoisotopic (exact) mass is 235 g/mol. The van der Waals surface area contributed by atoms with Crippen LogP contribution in [-0.4, -0.2) is 24.9 Å². The summed E-state index contributed by atoms with van der Waals surface area (Å²) < 4.78 is 0. The number of hydrogen-bond acceptors (Lipinski definition) is 3. The smallest absolute Gasteiger partial charge is 0.251 e. The van der Waals surface area contributed by atoms with Gasteiger partial charge in [0, 0.05) is 18.3 Å². The van der Waals surface area contributed by atoms with Gasteiger partial charge < -0.3 is 16.4 Å².